The van der Waals surface area contributed by atoms with Crippen LogP contribution in [0, 0.1) is 0 Å². The lowest BCUT2D eigenvalue weighted by atomic mass is 10.1. The first-order valence-electron chi connectivity index (χ1n) is 5.15. The minimum atomic E-state index is -0.706. The molecular weight excluding hydrogens is 272 g/mol. The minimum Gasteiger partial charge on any atom is -0.472 e. The molecular formula is C11H13BrN2O2. The van der Waals surface area contributed by atoms with Crippen LogP contribution >= 0.6 is 15.9 Å². The van der Waals surface area contributed by atoms with Gasteiger partial charge in [0, 0.05) is 12.1 Å². The van der Waals surface area contributed by atoms with Crippen LogP contribution < -0.4 is 0 Å². The number of aryl methyl sites for hydroxylation is 1. The number of furan rings is 1. The summed E-state index contributed by atoms with van der Waals surface area (Å²) in [5.74, 6) is 0. The number of hydrogen-bond acceptors (Lipinski definition) is 3. The molecule has 0 aliphatic heterocycles. The van der Waals surface area contributed by atoms with E-state index in [4.69, 9.17) is 4.42 Å². The van der Waals surface area contributed by atoms with Gasteiger partial charge in [-0.05, 0) is 28.4 Å². The molecule has 0 spiro atoms. The summed E-state index contributed by atoms with van der Waals surface area (Å²) in [5.41, 5.74) is 1.50. The third-order valence-corrected chi connectivity index (χ3v) is 3.00. The van der Waals surface area contributed by atoms with Crippen molar-refractivity contribution in [2.75, 3.05) is 0 Å². The smallest absolute Gasteiger partial charge is 0.125 e. The van der Waals surface area contributed by atoms with Crippen LogP contribution in [-0.2, 0) is 6.54 Å². The maximum absolute atomic E-state index is 10.2. The Morgan fingerprint density at radius 3 is 3.06 bits per heavy atom. The molecule has 2 heterocycles. The van der Waals surface area contributed by atoms with Gasteiger partial charge in [-0.15, -0.1) is 0 Å². The van der Waals surface area contributed by atoms with E-state index >= 15 is 0 Å². The van der Waals surface area contributed by atoms with Gasteiger partial charge in [-0.3, -0.25) is 4.68 Å². The monoisotopic (exact) mass is 284 g/mol. The maximum Gasteiger partial charge on any atom is 0.125 e. The Bertz CT molecular complexity index is 451. The van der Waals surface area contributed by atoms with Crippen LogP contribution in [0.1, 0.15) is 30.7 Å². The van der Waals surface area contributed by atoms with E-state index in [0.29, 0.717) is 0 Å². The summed E-state index contributed by atoms with van der Waals surface area (Å²) >= 11 is 3.40. The molecule has 0 bridgehead atoms. The highest BCUT2D eigenvalue weighted by molar-refractivity contribution is 9.10. The van der Waals surface area contributed by atoms with Crippen molar-refractivity contribution < 1.29 is 9.52 Å². The first-order valence-corrected chi connectivity index (χ1v) is 5.94. The van der Waals surface area contributed by atoms with Crippen molar-refractivity contribution in [3.8, 4) is 0 Å². The zero-order chi connectivity index (χ0) is 11.5. The van der Waals surface area contributed by atoms with Crippen LogP contribution in [-0.4, -0.2) is 14.9 Å². The van der Waals surface area contributed by atoms with Gasteiger partial charge in [-0.2, -0.15) is 5.10 Å². The molecule has 16 heavy (non-hydrogen) atoms. The van der Waals surface area contributed by atoms with Crippen molar-refractivity contribution in [2.24, 2.45) is 0 Å². The van der Waals surface area contributed by atoms with Crippen LogP contribution in [0.4, 0.5) is 0 Å². The number of rotatable bonds is 4. The van der Waals surface area contributed by atoms with Gasteiger partial charge in [0.15, 0.2) is 0 Å². The van der Waals surface area contributed by atoms with E-state index in [0.717, 1.165) is 28.7 Å². The zero-order valence-electron chi connectivity index (χ0n) is 8.93. The molecule has 4 nitrogen and oxygen atoms in total. The lowest BCUT2D eigenvalue weighted by Gasteiger charge is -2.12. The topological polar surface area (TPSA) is 51.2 Å². The fraction of sp³-hybridized carbons (Fsp3) is 0.364. The number of hydrogen-bond donors (Lipinski definition) is 1. The number of aliphatic hydroxyl groups is 1. The van der Waals surface area contributed by atoms with Gasteiger partial charge in [-0.1, -0.05) is 6.92 Å². The second-order valence-corrected chi connectivity index (χ2v) is 4.41. The fourth-order valence-corrected chi connectivity index (χ4v) is 2.14. The van der Waals surface area contributed by atoms with Crippen molar-refractivity contribution in [2.45, 2.75) is 26.0 Å². The molecule has 0 saturated heterocycles. The lowest BCUT2D eigenvalue weighted by Crippen LogP contribution is -2.10. The maximum atomic E-state index is 10.2. The van der Waals surface area contributed by atoms with Crippen LogP contribution in [0.3, 0.4) is 0 Å². The van der Waals surface area contributed by atoms with Crippen molar-refractivity contribution in [3.63, 3.8) is 0 Å². The van der Waals surface area contributed by atoms with Gasteiger partial charge in [0.05, 0.1) is 28.9 Å². The largest absolute Gasteiger partial charge is 0.472 e. The molecule has 0 aliphatic carbocycles. The van der Waals surface area contributed by atoms with Crippen LogP contribution in [0.2, 0.25) is 0 Å². The molecule has 0 amide bonds. The van der Waals surface area contributed by atoms with Gasteiger partial charge >= 0.3 is 0 Å². The van der Waals surface area contributed by atoms with Gasteiger partial charge in [0.2, 0.25) is 0 Å². The Morgan fingerprint density at radius 2 is 2.44 bits per heavy atom. The average molecular weight is 285 g/mol. The fourth-order valence-electron chi connectivity index (χ4n) is 1.62. The molecule has 0 saturated carbocycles. The quantitative estimate of drug-likeness (QED) is 0.939. The van der Waals surface area contributed by atoms with Crippen molar-refractivity contribution in [3.05, 3.63) is 40.5 Å². The normalized spacial score (nSPS) is 12.9. The van der Waals surface area contributed by atoms with E-state index in [9.17, 15) is 5.11 Å². The van der Waals surface area contributed by atoms with E-state index < -0.39 is 6.10 Å². The number of nitrogens with zero attached hydrogens (tertiary/aromatic N) is 2. The minimum absolute atomic E-state index is 0.706. The summed E-state index contributed by atoms with van der Waals surface area (Å²) in [6, 6.07) is 1.75. The Balaban J connectivity index is 2.35. The third kappa shape index (κ3) is 2.05. The first-order chi connectivity index (χ1) is 7.74. The van der Waals surface area contributed by atoms with E-state index in [2.05, 4.69) is 28.0 Å². The Morgan fingerprint density at radius 1 is 1.62 bits per heavy atom. The predicted molar refractivity (Wildman–Crippen MR) is 63.0 cm³/mol. The number of halogens is 1. The Kier molecular flexibility index (Phi) is 3.46. The first kappa shape index (κ1) is 11.4. The SMILES string of the molecule is CCCn1ncc(Br)c1C(O)c1ccoc1. The molecule has 0 aromatic carbocycles. The second-order valence-electron chi connectivity index (χ2n) is 3.56. The molecule has 1 unspecified atom stereocenters. The van der Waals surface area contributed by atoms with Crippen LogP contribution in [0.15, 0.2) is 33.7 Å². The van der Waals surface area contributed by atoms with E-state index in [1.54, 1.807) is 24.8 Å². The summed E-state index contributed by atoms with van der Waals surface area (Å²) in [4.78, 5) is 0. The summed E-state index contributed by atoms with van der Waals surface area (Å²) in [6.07, 6.45) is 5.06. The summed E-state index contributed by atoms with van der Waals surface area (Å²) in [7, 11) is 0. The molecule has 2 rings (SSSR count). The Labute approximate surface area is 102 Å². The van der Waals surface area contributed by atoms with Crippen molar-refractivity contribution in [1.29, 1.82) is 0 Å². The lowest BCUT2D eigenvalue weighted by molar-refractivity contribution is 0.205. The highest BCUT2D eigenvalue weighted by atomic mass is 79.9. The highest BCUT2D eigenvalue weighted by Crippen LogP contribution is 2.28. The van der Waals surface area contributed by atoms with Gasteiger partial charge in [0.1, 0.15) is 6.10 Å². The van der Waals surface area contributed by atoms with Crippen molar-refractivity contribution >= 4 is 15.9 Å². The molecule has 2 aromatic heterocycles. The van der Waals surface area contributed by atoms with Crippen molar-refractivity contribution in [1.82, 2.24) is 9.78 Å². The Hall–Kier alpha value is -1.07. The van der Waals surface area contributed by atoms with E-state index in [1.165, 1.54) is 0 Å². The average Bonchev–Trinajstić information content (AvgIpc) is 2.88. The molecule has 0 aliphatic rings. The summed E-state index contributed by atoms with van der Waals surface area (Å²) < 4.78 is 7.59. The molecule has 1 N–H and O–H groups in total. The van der Waals surface area contributed by atoms with E-state index in [-0.39, 0.29) is 0 Å². The van der Waals surface area contributed by atoms with E-state index in [1.807, 2.05) is 4.68 Å². The molecule has 0 fully saturated rings. The standard InChI is InChI=1S/C11H13BrN2O2/c1-2-4-14-10(9(12)6-13-14)11(15)8-3-5-16-7-8/h3,5-7,11,15H,2,4H2,1H3. The predicted octanol–water partition coefficient (Wildman–Crippen LogP) is 2.73. The van der Waals surface area contributed by atoms with Crippen LogP contribution in [0.5, 0.6) is 0 Å². The highest BCUT2D eigenvalue weighted by Gasteiger charge is 2.19. The number of aliphatic hydroxyl groups excluding tert-OH is 1. The summed E-state index contributed by atoms with van der Waals surface area (Å²) in [6.45, 7) is 2.86. The molecule has 0 radical (unpaired) electrons. The molecule has 1 atom stereocenters. The van der Waals surface area contributed by atoms with Gasteiger partial charge in [0.25, 0.3) is 0 Å². The number of aromatic nitrogens is 2. The van der Waals surface area contributed by atoms with Crippen LogP contribution in [0.25, 0.3) is 0 Å². The molecule has 2 aromatic rings. The second kappa shape index (κ2) is 4.84. The molecule has 5 heteroatoms. The third-order valence-electron chi connectivity index (χ3n) is 2.39. The summed E-state index contributed by atoms with van der Waals surface area (Å²) in [5, 5.41) is 14.4. The van der Waals surface area contributed by atoms with Gasteiger partial charge in [-0.25, -0.2) is 0 Å². The zero-order valence-corrected chi connectivity index (χ0v) is 10.5. The molecule has 86 valence electrons. The van der Waals surface area contributed by atoms with Gasteiger partial charge < -0.3 is 9.52 Å².